The predicted molar refractivity (Wildman–Crippen MR) is 103 cm³/mol. The van der Waals surface area contributed by atoms with E-state index in [1.165, 1.54) is 11.3 Å². The third-order valence-corrected chi connectivity index (χ3v) is 5.60. The molecule has 146 valence electrons. The summed E-state index contributed by atoms with van der Waals surface area (Å²) in [7, 11) is 0. The van der Waals surface area contributed by atoms with E-state index in [1.54, 1.807) is 31.5 Å². The van der Waals surface area contributed by atoms with E-state index < -0.39 is 0 Å². The molecule has 1 N–H and O–H groups in total. The summed E-state index contributed by atoms with van der Waals surface area (Å²) in [6.45, 7) is 2.85. The highest BCUT2D eigenvalue weighted by Gasteiger charge is 2.27. The molecule has 0 saturated carbocycles. The van der Waals surface area contributed by atoms with Crippen molar-refractivity contribution in [1.82, 2.24) is 20.3 Å². The topological polar surface area (TPSA) is 116 Å². The predicted octanol–water partition coefficient (Wildman–Crippen LogP) is 3.48. The minimum Gasteiger partial charge on any atom is -0.376 e. The van der Waals surface area contributed by atoms with Gasteiger partial charge in [0.05, 0.1) is 18.8 Å². The van der Waals surface area contributed by atoms with Crippen LogP contribution in [0.5, 0.6) is 0 Å². The maximum Gasteiger partial charge on any atom is 0.278 e. The number of nitrogens with zero attached hydrogens (tertiary/aromatic N) is 4. The molecule has 0 fully saturated rings. The van der Waals surface area contributed by atoms with Crippen molar-refractivity contribution in [3.05, 3.63) is 52.6 Å². The molecule has 0 aromatic carbocycles. The zero-order valence-electron chi connectivity index (χ0n) is 15.3. The molecule has 0 unspecified atom stereocenters. The molecule has 0 atom stereocenters. The molecule has 4 aromatic heterocycles. The lowest BCUT2D eigenvalue weighted by Gasteiger charge is -2.12. The fourth-order valence-corrected chi connectivity index (χ4v) is 4.31. The van der Waals surface area contributed by atoms with Crippen LogP contribution in [-0.4, -0.2) is 32.8 Å². The molecule has 5 heterocycles. The number of carbonyl (C=O) groups excluding carboxylic acids is 1. The zero-order valence-corrected chi connectivity index (χ0v) is 16.2. The maximum atomic E-state index is 12.8. The number of amides is 1. The van der Waals surface area contributed by atoms with E-state index in [9.17, 15) is 4.79 Å². The van der Waals surface area contributed by atoms with E-state index in [4.69, 9.17) is 13.8 Å². The molecule has 1 aliphatic rings. The lowest BCUT2D eigenvalue weighted by Crippen LogP contribution is -2.12. The van der Waals surface area contributed by atoms with Gasteiger partial charge in [-0.1, -0.05) is 10.3 Å². The van der Waals surface area contributed by atoms with Crippen molar-refractivity contribution in [3.8, 4) is 22.8 Å². The number of carbonyl (C=O) groups is 1. The first-order valence-corrected chi connectivity index (χ1v) is 9.72. The Bertz CT molecular complexity index is 1180. The van der Waals surface area contributed by atoms with Crippen LogP contribution in [0, 0.1) is 6.92 Å². The monoisotopic (exact) mass is 409 g/mol. The Kier molecular flexibility index (Phi) is 4.41. The number of fused-ring (bicyclic) bond motifs is 1. The van der Waals surface area contributed by atoms with Gasteiger partial charge in [0.25, 0.3) is 11.8 Å². The van der Waals surface area contributed by atoms with E-state index in [0.717, 1.165) is 21.6 Å². The second kappa shape index (κ2) is 7.22. The van der Waals surface area contributed by atoms with Crippen molar-refractivity contribution in [1.29, 1.82) is 0 Å². The van der Waals surface area contributed by atoms with Crippen molar-refractivity contribution in [3.63, 3.8) is 0 Å². The van der Waals surface area contributed by atoms with E-state index in [0.29, 0.717) is 42.1 Å². The van der Waals surface area contributed by atoms with Crippen molar-refractivity contribution < 1.29 is 18.6 Å². The number of thiophene rings is 1. The van der Waals surface area contributed by atoms with Crippen LogP contribution in [-0.2, 0) is 17.8 Å². The van der Waals surface area contributed by atoms with Gasteiger partial charge < -0.3 is 19.1 Å². The number of hydrogen-bond acceptors (Lipinski definition) is 9. The van der Waals surface area contributed by atoms with E-state index in [1.807, 2.05) is 6.07 Å². The maximum absolute atomic E-state index is 12.8. The Labute approximate surface area is 168 Å². The quantitative estimate of drug-likeness (QED) is 0.544. The second-order valence-corrected chi connectivity index (χ2v) is 7.53. The van der Waals surface area contributed by atoms with Crippen molar-refractivity contribution in [2.24, 2.45) is 0 Å². The van der Waals surface area contributed by atoms with Crippen LogP contribution in [0.25, 0.3) is 22.8 Å². The van der Waals surface area contributed by atoms with Gasteiger partial charge in [0.15, 0.2) is 17.3 Å². The summed E-state index contributed by atoms with van der Waals surface area (Å²) in [5.74, 6) is 0.992. The van der Waals surface area contributed by atoms with Crippen LogP contribution >= 0.6 is 11.3 Å². The van der Waals surface area contributed by atoms with Gasteiger partial charge >= 0.3 is 0 Å². The van der Waals surface area contributed by atoms with Gasteiger partial charge in [0.2, 0.25) is 0 Å². The Balaban J connectivity index is 1.47. The third-order valence-electron chi connectivity index (χ3n) is 4.48. The summed E-state index contributed by atoms with van der Waals surface area (Å²) in [6.07, 6.45) is 4.02. The third kappa shape index (κ3) is 3.32. The zero-order chi connectivity index (χ0) is 19.8. The van der Waals surface area contributed by atoms with Gasteiger partial charge in [-0.25, -0.2) is 0 Å². The summed E-state index contributed by atoms with van der Waals surface area (Å²) in [5, 5.41) is 11.3. The largest absolute Gasteiger partial charge is 0.376 e. The summed E-state index contributed by atoms with van der Waals surface area (Å²) in [6, 6.07) is 5.20. The fourth-order valence-electron chi connectivity index (χ4n) is 3.14. The van der Waals surface area contributed by atoms with Crippen LogP contribution in [0.3, 0.4) is 0 Å². The Morgan fingerprint density at radius 2 is 2.21 bits per heavy atom. The number of aromatic nitrogens is 4. The molecule has 9 nitrogen and oxygen atoms in total. The SMILES string of the molecule is Cc1noc(-c2c(NC(=O)c3cc(-c4cccnc4)on3)sc3c2CCOC3)n1. The molecule has 29 heavy (non-hydrogen) atoms. The summed E-state index contributed by atoms with van der Waals surface area (Å²) < 4.78 is 16.2. The number of anilines is 1. The normalized spacial score (nSPS) is 13.3. The molecule has 5 rings (SSSR count). The molecule has 4 aromatic rings. The molecule has 1 amide bonds. The summed E-state index contributed by atoms with van der Waals surface area (Å²) in [4.78, 5) is 22.2. The number of nitrogens with one attached hydrogen (secondary N) is 1. The first kappa shape index (κ1) is 17.7. The first-order valence-electron chi connectivity index (χ1n) is 8.90. The van der Waals surface area contributed by atoms with Crippen LogP contribution in [0.2, 0.25) is 0 Å². The van der Waals surface area contributed by atoms with Gasteiger partial charge in [-0.15, -0.1) is 11.3 Å². The molecule has 0 bridgehead atoms. The lowest BCUT2D eigenvalue weighted by molar-refractivity contribution is 0.101. The van der Waals surface area contributed by atoms with E-state index >= 15 is 0 Å². The van der Waals surface area contributed by atoms with Gasteiger partial charge in [-0.3, -0.25) is 9.78 Å². The highest BCUT2D eigenvalue weighted by atomic mass is 32.1. The Hall–Kier alpha value is -3.37. The minimum absolute atomic E-state index is 0.166. The van der Waals surface area contributed by atoms with E-state index in [-0.39, 0.29) is 11.6 Å². The molecule has 0 aliphatic carbocycles. The van der Waals surface area contributed by atoms with Gasteiger partial charge in [-0.2, -0.15) is 4.98 Å². The second-order valence-electron chi connectivity index (χ2n) is 6.43. The lowest BCUT2D eigenvalue weighted by atomic mass is 10.1. The highest BCUT2D eigenvalue weighted by molar-refractivity contribution is 7.17. The van der Waals surface area contributed by atoms with Crippen LogP contribution in [0.1, 0.15) is 26.8 Å². The molecular formula is C19H15N5O4S. The number of rotatable bonds is 4. The number of pyridine rings is 1. The average Bonchev–Trinajstić information content (AvgIpc) is 3.46. The average molecular weight is 409 g/mol. The van der Waals surface area contributed by atoms with Crippen LogP contribution in [0.15, 0.2) is 39.6 Å². The van der Waals surface area contributed by atoms with E-state index in [2.05, 4.69) is 25.6 Å². The summed E-state index contributed by atoms with van der Waals surface area (Å²) >= 11 is 1.44. The number of hydrogen-bond donors (Lipinski definition) is 1. The fraction of sp³-hybridized carbons (Fsp3) is 0.211. The van der Waals surface area contributed by atoms with Gasteiger partial charge in [0.1, 0.15) is 5.00 Å². The molecule has 1 aliphatic heterocycles. The van der Waals surface area contributed by atoms with Gasteiger partial charge in [0, 0.05) is 28.9 Å². The van der Waals surface area contributed by atoms with Crippen molar-refractivity contribution in [2.75, 3.05) is 11.9 Å². The number of aryl methyl sites for hydroxylation is 1. The molecule has 0 saturated heterocycles. The van der Waals surface area contributed by atoms with Gasteiger partial charge in [-0.05, 0) is 31.0 Å². The smallest absolute Gasteiger partial charge is 0.278 e. The van der Waals surface area contributed by atoms with Crippen LogP contribution in [0.4, 0.5) is 5.00 Å². The summed E-state index contributed by atoms with van der Waals surface area (Å²) in [5.41, 5.74) is 2.72. The first-order chi connectivity index (χ1) is 14.2. The molecule has 0 spiro atoms. The molecular weight excluding hydrogens is 394 g/mol. The highest BCUT2D eigenvalue weighted by Crippen LogP contribution is 2.42. The standard InChI is InChI=1S/C19H15N5O4S/c1-10-21-18(28-23-10)16-12-4-6-26-9-15(12)29-19(16)22-17(25)13-7-14(27-24-13)11-3-2-5-20-8-11/h2-3,5,7-8H,4,6,9H2,1H3,(H,22,25). The van der Waals surface area contributed by atoms with Crippen LogP contribution < -0.4 is 5.32 Å². The molecule has 0 radical (unpaired) electrons. The minimum atomic E-state index is -0.388. The molecule has 10 heteroatoms. The Morgan fingerprint density at radius 3 is 3.00 bits per heavy atom. The van der Waals surface area contributed by atoms with Crippen molar-refractivity contribution in [2.45, 2.75) is 20.0 Å². The number of ether oxygens (including phenoxy) is 1. The Morgan fingerprint density at radius 1 is 1.28 bits per heavy atom. The van der Waals surface area contributed by atoms with Crippen molar-refractivity contribution >= 4 is 22.2 Å².